The first-order valence-electron chi connectivity index (χ1n) is 5.72. The van der Waals surface area contributed by atoms with Crippen molar-refractivity contribution in [1.82, 2.24) is 0 Å². The standard InChI is InChI=1S/C14H12BrClN2O2/c1-20-12-7-8(5-6-9(12)15)18-14(19)13-10(16)3-2-4-11(13)17/h2-7H,17H2,1H3,(H,18,19). The Balaban J connectivity index is 2.28. The van der Waals surface area contributed by atoms with Gasteiger partial charge in [0.25, 0.3) is 5.91 Å². The number of nitrogen functional groups attached to an aromatic ring is 1. The minimum atomic E-state index is -0.363. The Morgan fingerprint density at radius 1 is 1.35 bits per heavy atom. The number of hydrogen-bond acceptors (Lipinski definition) is 3. The quantitative estimate of drug-likeness (QED) is 0.820. The van der Waals surface area contributed by atoms with E-state index < -0.39 is 0 Å². The number of benzene rings is 2. The normalized spacial score (nSPS) is 10.2. The van der Waals surface area contributed by atoms with Crippen LogP contribution in [0.2, 0.25) is 5.02 Å². The number of amides is 1. The molecule has 104 valence electrons. The fraction of sp³-hybridized carbons (Fsp3) is 0.0714. The first kappa shape index (κ1) is 14.7. The lowest BCUT2D eigenvalue weighted by atomic mass is 10.1. The zero-order chi connectivity index (χ0) is 14.7. The summed E-state index contributed by atoms with van der Waals surface area (Å²) in [7, 11) is 1.55. The lowest BCUT2D eigenvalue weighted by molar-refractivity contribution is 0.102. The van der Waals surface area contributed by atoms with Crippen LogP contribution in [0, 0.1) is 0 Å². The van der Waals surface area contributed by atoms with Crippen molar-refractivity contribution in [3.05, 3.63) is 51.5 Å². The molecule has 0 aromatic heterocycles. The molecule has 0 heterocycles. The zero-order valence-electron chi connectivity index (χ0n) is 10.6. The number of carbonyl (C=O) groups excluding carboxylic acids is 1. The van der Waals surface area contributed by atoms with Gasteiger partial charge in [-0.2, -0.15) is 0 Å². The van der Waals surface area contributed by atoms with Crippen molar-refractivity contribution in [3.8, 4) is 5.75 Å². The zero-order valence-corrected chi connectivity index (χ0v) is 13.0. The topological polar surface area (TPSA) is 64.3 Å². The van der Waals surface area contributed by atoms with E-state index in [4.69, 9.17) is 22.1 Å². The highest BCUT2D eigenvalue weighted by Crippen LogP contribution is 2.29. The molecule has 3 N–H and O–H groups in total. The molecule has 1 amide bonds. The fourth-order valence-corrected chi connectivity index (χ4v) is 2.39. The molecule has 2 aromatic rings. The van der Waals surface area contributed by atoms with Gasteiger partial charge in [-0.3, -0.25) is 4.79 Å². The van der Waals surface area contributed by atoms with Crippen LogP contribution < -0.4 is 15.8 Å². The second-order valence-corrected chi connectivity index (χ2v) is 5.27. The molecule has 0 fully saturated rings. The number of nitrogens with two attached hydrogens (primary N) is 1. The summed E-state index contributed by atoms with van der Waals surface area (Å²) in [4.78, 5) is 12.2. The third-order valence-corrected chi connectivity index (χ3v) is 3.65. The van der Waals surface area contributed by atoms with Crippen LogP contribution in [0.3, 0.4) is 0 Å². The van der Waals surface area contributed by atoms with E-state index >= 15 is 0 Å². The van der Waals surface area contributed by atoms with E-state index in [2.05, 4.69) is 21.2 Å². The predicted octanol–water partition coefficient (Wildman–Crippen LogP) is 3.95. The minimum absolute atomic E-state index is 0.260. The van der Waals surface area contributed by atoms with Gasteiger partial charge >= 0.3 is 0 Å². The molecule has 0 saturated carbocycles. The molecule has 0 bridgehead atoms. The van der Waals surface area contributed by atoms with Crippen LogP contribution in [0.5, 0.6) is 5.75 Å². The average molecular weight is 356 g/mol. The van der Waals surface area contributed by atoms with Crippen LogP contribution in [0.25, 0.3) is 0 Å². The molecule has 2 rings (SSSR count). The smallest absolute Gasteiger partial charge is 0.259 e. The number of rotatable bonds is 3. The average Bonchev–Trinajstić information content (AvgIpc) is 2.40. The van der Waals surface area contributed by atoms with E-state index in [1.54, 1.807) is 43.5 Å². The SMILES string of the molecule is COc1cc(NC(=O)c2c(N)cccc2Cl)ccc1Br. The molecule has 0 spiro atoms. The van der Waals surface area contributed by atoms with Gasteiger partial charge in [-0.15, -0.1) is 0 Å². The highest BCUT2D eigenvalue weighted by molar-refractivity contribution is 9.10. The molecule has 0 saturated heterocycles. The number of halogens is 2. The van der Waals surface area contributed by atoms with Gasteiger partial charge < -0.3 is 15.8 Å². The Kier molecular flexibility index (Phi) is 4.52. The van der Waals surface area contributed by atoms with Gasteiger partial charge in [-0.25, -0.2) is 0 Å². The summed E-state index contributed by atoms with van der Waals surface area (Å²) in [6.07, 6.45) is 0. The van der Waals surface area contributed by atoms with Gasteiger partial charge in [0, 0.05) is 17.4 Å². The Hall–Kier alpha value is -1.72. The van der Waals surface area contributed by atoms with E-state index in [0.29, 0.717) is 22.1 Å². The lowest BCUT2D eigenvalue weighted by Gasteiger charge is -2.11. The molecule has 0 atom stereocenters. The van der Waals surface area contributed by atoms with Crippen molar-refractivity contribution in [2.24, 2.45) is 0 Å². The van der Waals surface area contributed by atoms with Crippen LogP contribution in [0.15, 0.2) is 40.9 Å². The number of hydrogen-bond donors (Lipinski definition) is 2. The minimum Gasteiger partial charge on any atom is -0.495 e. The summed E-state index contributed by atoms with van der Waals surface area (Å²) in [5.74, 6) is 0.257. The second-order valence-electron chi connectivity index (χ2n) is 4.01. The van der Waals surface area contributed by atoms with Crippen molar-refractivity contribution in [1.29, 1.82) is 0 Å². The van der Waals surface area contributed by atoms with Gasteiger partial charge in [0.2, 0.25) is 0 Å². The molecular weight excluding hydrogens is 344 g/mol. The maximum atomic E-state index is 12.2. The molecule has 2 aromatic carbocycles. The first-order valence-corrected chi connectivity index (χ1v) is 6.89. The Bertz CT molecular complexity index is 641. The third-order valence-electron chi connectivity index (χ3n) is 2.68. The molecule has 20 heavy (non-hydrogen) atoms. The van der Waals surface area contributed by atoms with E-state index in [0.717, 1.165) is 4.47 Å². The van der Waals surface area contributed by atoms with Crippen LogP contribution >= 0.6 is 27.5 Å². The van der Waals surface area contributed by atoms with Crippen molar-refractivity contribution < 1.29 is 9.53 Å². The largest absolute Gasteiger partial charge is 0.495 e. The van der Waals surface area contributed by atoms with Crippen molar-refractivity contribution in [2.75, 3.05) is 18.2 Å². The molecule has 0 aliphatic heterocycles. The molecule has 0 radical (unpaired) electrons. The van der Waals surface area contributed by atoms with Crippen molar-refractivity contribution in [3.63, 3.8) is 0 Å². The van der Waals surface area contributed by atoms with Crippen molar-refractivity contribution in [2.45, 2.75) is 0 Å². The highest BCUT2D eigenvalue weighted by atomic mass is 79.9. The second kappa shape index (κ2) is 6.15. The van der Waals surface area contributed by atoms with E-state index in [1.807, 2.05) is 0 Å². The lowest BCUT2D eigenvalue weighted by Crippen LogP contribution is -2.14. The highest BCUT2D eigenvalue weighted by Gasteiger charge is 2.14. The maximum Gasteiger partial charge on any atom is 0.259 e. The molecular formula is C14H12BrClN2O2. The summed E-state index contributed by atoms with van der Waals surface area (Å²) in [5.41, 5.74) is 6.96. The van der Waals surface area contributed by atoms with Crippen molar-refractivity contribution >= 4 is 44.8 Å². The molecule has 0 aliphatic carbocycles. The maximum absolute atomic E-state index is 12.2. The van der Waals surface area contributed by atoms with Crippen LogP contribution in [0.1, 0.15) is 10.4 Å². The van der Waals surface area contributed by atoms with E-state index in [1.165, 1.54) is 0 Å². The third kappa shape index (κ3) is 3.05. The number of carbonyl (C=O) groups is 1. The van der Waals surface area contributed by atoms with Gasteiger partial charge in [0.15, 0.2) is 0 Å². The summed E-state index contributed by atoms with van der Waals surface area (Å²) < 4.78 is 5.97. The molecule has 4 nitrogen and oxygen atoms in total. The fourth-order valence-electron chi connectivity index (χ4n) is 1.71. The first-order chi connectivity index (χ1) is 9.52. The van der Waals surface area contributed by atoms with Gasteiger partial charge in [0.1, 0.15) is 5.75 Å². The number of ether oxygens (including phenoxy) is 1. The van der Waals surface area contributed by atoms with Gasteiger partial charge in [-0.05, 0) is 40.2 Å². The molecule has 6 heteroatoms. The van der Waals surface area contributed by atoms with Crippen LogP contribution in [0.4, 0.5) is 11.4 Å². The number of methoxy groups -OCH3 is 1. The Labute approximate surface area is 130 Å². The number of nitrogens with one attached hydrogen (secondary N) is 1. The summed E-state index contributed by atoms with van der Waals surface area (Å²) in [5, 5.41) is 3.05. The Morgan fingerprint density at radius 2 is 2.10 bits per heavy atom. The number of anilines is 2. The predicted molar refractivity (Wildman–Crippen MR) is 84.5 cm³/mol. The molecule has 0 unspecified atom stereocenters. The molecule has 0 aliphatic rings. The monoisotopic (exact) mass is 354 g/mol. The van der Waals surface area contributed by atoms with Crippen LogP contribution in [-0.2, 0) is 0 Å². The van der Waals surface area contributed by atoms with Gasteiger partial charge in [-0.1, -0.05) is 17.7 Å². The van der Waals surface area contributed by atoms with Gasteiger partial charge in [0.05, 0.1) is 22.2 Å². The Morgan fingerprint density at radius 3 is 2.75 bits per heavy atom. The summed E-state index contributed by atoms with van der Waals surface area (Å²) >= 11 is 9.35. The summed E-state index contributed by atoms with van der Waals surface area (Å²) in [6, 6.07) is 10.2. The summed E-state index contributed by atoms with van der Waals surface area (Å²) in [6.45, 7) is 0. The van der Waals surface area contributed by atoms with E-state index in [9.17, 15) is 4.79 Å². The van der Waals surface area contributed by atoms with E-state index in [-0.39, 0.29) is 11.5 Å². The van der Waals surface area contributed by atoms with Crippen LogP contribution in [-0.4, -0.2) is 13.0 Å².